The highest BCUT2D eigenvalue weighted by Gasteiger charge is 2.13. The SMILES string of the molecule is CCOc1ccc(CCNC(=O)Cn2ncn3c(cc4sc(C)cc43)c2=O)cc1OCC. The lowest BCUT2D eigenvalue weighted by Crippen LogP contribution is -2.35. The molecule has 1 amide bonds. The van der Waals surface area contributed by atoms with Gasteiger partial charge in [-0.25, -0.2) is 4.68 Å². The van der Waals surface area contributed by atoms with Crippen molar-refractivity contribution in [2.75, 3.05) is 19.8 Å². The van der Waals surface area contributed by atoms with E-state index in [0.717, 1.165) is 15.8 Å². The average Bonchev–Trinajstić information content (AvgIpc) is 3.29. The number of nitrogens with one attached hydrogen (secondary N) is 1. The third-order valence-electron chi connectivity index (χ3n) is 5.05. The fourth-order valence-corrected chi connectivity index (χ4v) is 4.57. The van der Waals surface area contributed by atoms with E-state index in [1.54, 1.807) is 22.1 Å². The number of fused-ring (bicyclic) bond motifs is 3. The van der Waals surface area contributed by atoms with Gasteiger partial charge in [0.2, 0.25) is 5.91 Å². The predicted octanol–water partition coefficient (Wildman–Crippen LogP) is 3.18. The summed E-state index contributed by atoms with van der Waals surface area (Å²) in [5, 5.41) is 7.04. The first-order valence-corrected chi connectivity index (χ1v) is 11.4. The van der Waals surface area contributed by atoms with Crippen molar-refractivity contribution < 1.29 is 14.3 Å². The van der Waals surface area contributed by atoms with Gasteiger partial charge in [-0.1, -0.05) is 6.07 Å². The maximum absolute atomic E-state index is 12.8. The molecule has 0 saturated heterocycles. The average molecular weight is 455 g/mol. The molecule has 3 heterocycles. The van der Waals surface area contributed by atoms with Crippen LogP contribution in [0.2, 0.25) is 0 Å². The van der Waals surface area contributed by atoms with Crippen molar-refractivity contribution in [2.24, 2.45) is 0 Å². The molecule has 0 atom stereocenters. The summed E-state index contributed by atoms with van der Waals surface area (Å²) < 4.78 is 15.2. The van der Waals surface area contributed by atoms with Crippen molar-refractivity contribution in [1.29, 1.82) is 0 Å². The molecule has 0 aliphatic carbocycles. The number of hydrogen-bond donors (Lipinski definition) is 1. The van der Waals surface area contributed by atoms with Gasteiger partial charge in [0.25, 0.3) is 5.56 Å². The Bertz CT molecular complexity index is 1320. The van der Waals surface area contributed by atoms with Gasteiger partial charge in [0.05, 0.1) is 23.4 Å². The first kappa shape index (κ1) is 21.9. The molecule has 32 heavy (non-hydrogen) atoms. The summed E-state index contributed by atoms with van der Waals surface area (Å²) in [6.07, 6.45) is 2.22. The molecule has 1 aromatic carbocycles. The molecule has 0 saturated carbocycles. The normalized spacial score (nSPS) is 11.2. The van der Waals surface area contributed by atoms with Crippen LogP contribution in [0, 0.1) is 6.92 Å². The van der Waals surface area contributed by atoms with Crippen LogP contribution >= 0.6 is 11.3 Å². The third-order valence-corrected chi connectivity index (χ3v) is 6.03. The van der Waals surface area contributed by atoms with E-state index in [1.165, 1.54) is 9.56 Å². The summed E-state index contributed by atoms with van der Waals surface area (Å²) in [6, 6.07) is 9.66. The number of amides is 1. The lowest BCUT2D eigenvalue weighted by molar-refractivity contribution is -0.121. The molecule has 0 bridgehead atoms. The van der Waals surface area contributed by atoms with Crippen molar-refractivity contribution >= 4 is 33.0 Å². The fourth-order valence-electron chi connectivity index (χ4n) is 3.62. The van der Waals surface area contributed by atoms with Crippen LogP contribution in [0.5, 0.6) is 11.5 Å². The number of rotatable bonds is 9. The minimum atomic E-state index is -0.281. The predicted molar refractivity (Wildman–Crippen MR) is 125 cm³/mol. The zero-order chi connectivity index (χ0) is 22.7. The Balaban J connectivity index is 1.39. The van der Waals surface area contributed by atoms with Gasteiger partial charge in [-0.15, -0.1) is 11.3 Å². The Morgan fingerprint density at radius 2 is 1.88 bits per heavy atom. The van der Waals surface area contributed by atoms with Gasteiger partial charge in [-0.05, 0) is 57.0 Å². The number of hydrogen-bond acceptors (Lipinski definition) is 6. The summed E-state index contributed by atoms with van der Waals surface area (Å²) in [5.41, 5.74) is 2.23. The molecular weight excluding hydrogens is 428 g/mol. The molecule has 0 spiro atoms. The summed E-state index contributed by atoms with van der Waals surface area (Å²) in [5.74, 6) is 1.15. The molecule has 4 rings (SSSR count). The first-order valence-electron chi connectivity index (χ1n) is 10.6. The minimum absolute atomic E-state index is 0.124. The summed E-state index contributed by atoms with van der Waals surface area (Å²) in [7, 11) is 0. The number of ether oxygens (including phenoxy) is 2. The minimum Gasteiger partial charge on any atom is -0.490 e. The van der Waals surface area contributed by atoms with Crippen LogP contribution in [0.15, 0.2) is 41.5 Å². The number of nitrogens with zero attached hydrogens (tertiary/aromatic N) is 3. The van der Waals surface area contributed by atoms with E-state index in [0.29, 0.717) is 43.2 Å². The number of aryl methyl sites for hydroxylation is 1. The Hall–Kier alpha value is -3.33. The second-order valence-corrected chi connectivity index (χ2v) is 8.63. The number of aromatic nitrogens is 3. The van der Waals surface area contributed by atoms with Gasteiger partial charge in [-0.3, -0.25) is 14.0 Å². The van der Waals surface area contributed by atoms with E-state index in [2.05, 4.69) is 10.4 Å². The van der Waals surface area contributed by atoms with Gasteiger partial charge in [0.1, 0.15) is 18.4 Å². The van der Waals surface area contributed by atoms with Crippen molar-refractivity contribution in [1.82, 2.24) is 19.5 Å². The zero-order valence-corrected chi connectivity index (χ0v) is 19.2. The molecule has 0 radical (unpaired) electrons. The number of benzene rings is 1. The molecule has 8 nitrogen and oxygen atoms in total. The van der Waals surface area contributed by atoms with Crippen LogP contribution in [0.3, 0.4) is 0 Å². The second-order valence-electron chi connectivity index (χ2n) is 7.35. The van der Waals surface area contributed by atoms with Crippen LogP contribution in [0.4, 0.5) is 0 Å². The monoisotopic (exact) mass is 454 g/mol. The smallest absolute Gasteiger partial charge is 0.291 e. The van der Waals surface area contributed by atoms with Gasteiger partial charge >= 0.3 is 0 Å². The maximum atomic E-state index is 12.8. The van der Waals surface area contributed by atoms with Crippen LogP contribution in [-0.2, 0) is 17.8 Å². The van der Waals surface area contributed by atoms with E-state index < -0.39 is 0 Å². The largest absolute Gasteiger partial charge is 0.490 e. The summed E-state index contributed by atoms with van der Waals surface area (Å²) >= 11 is 1.63. The molecule has 0 aliphatic rings. The van der Waals surface area contributed by atoms with Crippen molar-refractivity contribution in [3.05, 3.63) is 57.5 Å². The Kier molecular flexibility index (Phi) is 6.45. The number of carbonyl (C=O) groups excluding carboxylic acids is 1. The molecule has 0 aliphatic heterocycles. The summed E-state index contributed by atoms with van der Waals surface area (Å²) in [4.78, 5) is 26.4. The van der Waals surface area contributed by atoms with Gasteiger partial charge in [-0.2, -0.15) is 5.10 Å². The Labute approximate surface area is 189 Å². The molecule has 0 fully saturated rings. The van der Waals surface area contributed by atoms with Crippen molar-refractivity contribution in [2.45, 2.75) is 33.7 Å². The number of thiophene rings is 1. The molecule has 4 aromatic rings. The van der Waals surface area contributed by atoms with Crippen LogP contribution in [0.25, 0.3) is 15.7 Å². The van der Waals surface area contributed by atoms with Crippen LogP contribution in [-0.4, -0.2) is 39.8 Å². The van der Waals surface area contributed by atoms with E-state index in [4.69, 9.17) is 9.47 Å². The summed E-state index contributed by atoms with van der Waals surface area (Å²) in [6.45, 7) is 7.31. The highest BCUT2D eigenvalue weighted by molar-refractivity contribution is 7.19. The lowest BCUT2D eigenvalue weighted by Gasteiger charge is -2.12. The number of carbonyl (C=O) groups is 1. The molecule has 0 unspecified atom stereocenters. The standard InChI is InChI=1S/C23H26N4O4S/c1-4-30-19-7-6-16(11-20(19)31-5-2)8-9-24-22(28)13-27-23(29)18-12-21-17(10-15(3)32-21)26(18)14-25-27/h6-7,10-12,14H,4-5,8-9,13H2,1-3H3,(H,24,28). The van der Waals surface area contributed by atoms with Crippen LogP contribution < -0.4 is 20.3 Å². The van der Waals surface area contributed by atoms with E-state index in [1.807, 2.05) is 51.1 Å². The van der Waals surface area contributed by atoms with Gasteiger partial charge in [0.15, 0.2) is 11.5 Å². The van der Waals surface area contributed by atoms with E-state index in [-0.39, 0.29) is 18.0 Å². The lowest BCUT2D eigenvalue weighted by atomic mass is 10.1. The maximum Gasteiger partial charge on any atom is 0.291 e. The molecule has 168 valence electrons. The second kappa shape index (κ2) is 9.44. The van der Waals surface area contributed by atoms with E-state index >= 15 is 0 Å². The van der Waals surface area contributed by atoms with Gasteiger partial charge in [0, 0.05) is 11.4 Å². The highest BCUT2D eigenvalue weighted by atomic mass is 32.1. The molecule has 9 heteroatoms. The fraction of sp³-hybridized carbons (Fsp3) is 0.348. The molecule has 3 aromatic heterocycles. The highest BCUT2D eigenvalue weighted by Crippen LogP contribution is 2.29. The van der Waals surface area contributed by atoms with Crippen molar-refractivity contribution in [3.8, 4) is 11.5 Å². The van der Waals surface area contributed by atoms with Crippen molar-refractivity contribution in [3.63, 3.8) is 0 Å². The van der Waals surface area contributed by atoms with E-state index in [9.17, 15) is 9.59 Å². The quantitative estimate of drug-likeness (QED) is 0.420. The molecular formula is C23H26N4O4S. The first-order chi connectivity index (χ1) is 15.5. The van der Waals surface area contributed by atoms with Crippen LogP contribution in [0.1, 0.15) is 24.3 Å². The zero-order valence-electron chi connectivity index (χ0n) is 18.4. The Morgan fingerprint density at radius 3 is 2.66 bits per heavy atom. The van der Waals surface area contributed by atoms with Gasteiger partial charge < -0.3 is 14.8 Å². The third kappa shape index (κ3) is 4.47. The topological polar surface area (TPSA) is 86.9 Å². The Morgan fingerprint density at radius 1 is 1.09 bits per heavy atom. The molecule has 1 N–H and O–H groups in total.